The van der Waals surface area contributed by atoms with Crippen molar-refractivity contribution in [3.05, 3.63) is 47.1 Å². The van der Waals surface area contributed by atoms with Crippen LogP contribution in [-0.2, 0) is 6.54 Å². The zero-order valence-electron chi connectivity index (χ0n) is 11.6. The van der Waals surface area contributed by atoms with E-state index < -0.39 is 0 Å². The normalized spacial score (nSPS) is 12.6. The van der Waals surface area contributed by atoms with Crippen LogP contribution in [0.1, 0.15) is 25.3 Å². The third-order valence-corrected chi connectivity index (χ3v) is 4.29. The summed E-state index contributed by atoms with van der Waals surface area (Å²) in [7, 11) is 0. The van der Waals surface area contributed by atoms with Crippen LogP contribution in [0.4, 0.5) is 4.39 Å². The van der Waals surface area contributed by atoms with E-state index in [1.807, 2.05) is 29.6 Å². The van der Waals surface area contributed by atoms with E-state index in [2.05, 4.69) is 12.2 Å². The Morgan fingerprint density at radius 3 is 2.85 bits per heavy atom. The van der Waals surface area contributed by atoms with Crippen LogP contribution in [0.15, 0.2) is 35.7 Å². The van der Waals surface area contributed by atoms with Gasteiger partial charge in [0, 0.05) is 29.6 Å². The Morgan fingerprint density at radius 2 is 2.20 bits per heavy atom. The lowest BCUT2D eigenvalue weighted by Crippen LogP contribution is -2.28. The molecular formula is C16H20FNOS. The van der Waals surface area contributed by atoms with E-state index in [1.165, 1.54) is 6.07 Å². The van der Waals surface area contributed by atoms with Crippen LogP contribution < -0.4 is 5.32 Å². The Kier molecular flexibility index (Phi) is 5.71. The van der Waals surface area contributed by atoms with Crippen molar-refractivity contribution in [3.8, 4) is 10.4 Å². The molecule has 0 radical (unpaired) electrons. The Balaban J connectivity index is 2.08. The van der Waals surface area contributed by atoms with E-state index in [-0.39, 0.29) is 12.4 Å². The fourth-order valence-electron chi connectivity index (χ4n) is 2.17. The molecule has 108 valence electrons. The van der Waals surface area contributed by atoms with Crippen molar-refractivity contribution in [3.63, 3.8) is 0 Å². The SMILES string of the molecule is CCC(CCO)NCc1ccc(F)c(-c2cccs2)c1. The number of rotatable bonds is 7. The standard InChI is InChI=1S/C16H20FNOS/c1-2-13(7-8-19)18-11-12-5-6-15(17)14(10-12)16-4-3-9-20-16/h3-6,9-10,13,18-19H,2,7-8,11H2,1H3. The van der Waals surface area contributed by atoms with Gasteiger partial charge in [0.1, 0.15) is 5.82 Å². The third kappa shape index (κ3) is 3.88. The molecule has 0 aliphatic rings. The van der Waals surface area contributed by atoms with Gasteiger partial charge >= 0.3 is 0 Å². The highest BCUT2D eigenvalue weighted by Crippen LogP contribution is 2.28. The molecule has 0 saturated carbocycles. The molecule has 0 aliphatic carbocycles. The lowest BCUT2D eigenvalue weighted by Gasteiger charge is -2.16. The van der Waals surface area contributed by atoms with Crippen LogP contribution in [0, 0.1) is 5.82 Å². The summed E-state index contributed by atoms with van der Waals surface area (Å²) in [6.45, 7) is 2.97. The Morgan fingerprint density at radius 1 is 1.35 bits per heavy atom. The molecule has 2 nitrogen and oxygen atoms in total. The largest absolute Gasteiger partial charge is 0.396 e. The van der Waals surface area contributed by atoms with Crippen molar-refractivity contribution in [2.24, 2.45) is 0 Å². The molecule has 2 N–H and O–H groups in total. The quantitative estimate of drug-likeness (QED) is 0.813. The molecule has 0 spiro atoms. The first-order chi connectivity index (χ1) is 9.74. The maximum absolute atomic E-state index is 13.9. The van der Waals surface area contributed by atoms with Crippen LogP contribution in [0.2, 0.25) is 0 Å². The van der Waals surface area contributed by atoms with Crippen molar-refractivity contribution in [2.45, 2.75) is 32.4 Å². The van der Waals surface area contributed by atoms with Crippen LogP contribution in [0.25, 0.3) is 10.4 Å². The minimum absolute atomic E-state index is 0.182. The molecule has 2 aromatic rings. The second-order valence-corrected chi connectivity index (χ2v) is 5.74. The highest BCUT2D eigenvalue weighted by molar-refractivity contribution is 7.13. The monoisotopic (exact) mass is 293 g/mol. The second-order valence-electron chi connectivity index (χ2n) is 4.79. The van der Waals surface area contributed by atoms with Gasteiger partial charge in [-0.1, -0.05) is 19.1 Å². The van der Waals surface area contributed by atoms with Gasteiger partial charge in [-0.05, 0) is 42.0 Å². The third-order valence-electron chi connectivity index (χ3n) is 3.38. The summed E-state index contributed by atoms with van der Waals surface area (Å²) < 4.78 is 13.9. The number of hydrogen-bond acceptors (Lipinski definition) is 3. The molecule has 20 heavy (non-hydrogen) atoms. The number of benzene rings is 1. The maximum atomic E-state index is 13.9. The molecule has 0 aliphatic heterocycles. The minimum atomic E-state index is -0.182. The summed E-state index contributed by atoms with van der Waals surface area (Å²) in [4.78, 5) is 0.951. The number of nitrogens with one attached hydrogen (secondary N) is 1. The van der Waals surface area contributed by atoms with Gasteiger partial charge in [0.15, 0.2) is 0 Å². The molecule has 1 aromatic heterocycles. The van der Waals surface area contributed by atoms with Crippen LogP contribution in [-0.4, -0.2) is 17.8 Å². The molecular weight excluding hydrogens is 273 g/mol. The first-order valence-electron chi connectivity index (χ1n) is 6.91. The summed E-state index contributed by atoms with van der Waals surface area (Å²) in [6, 6.07) is 9.40. The van der Waals surface area contributed by atoms with Gasteiger partial charge in [0.05, 0.1) is 0 Å². The molecule has 0 bridgehead atoms. The topological polar surface area (TPSA) is 32.3 Å². The molecule has 4 heteroatoms. The van der Waals surface area contributed by atoms with Crippen molar-refractivity contribution >= 4 is 11.3 Å². The maximum Gasteiger partial charge on any atom is 0.131 e. The molecule has 1 heterocycles. The van der Waals surface area contributed by atoms with Gasteiger partial charge in [-0.15, -0.1) is 11.3 Å². The summed E-state index contributed by atoms with van der Waals surface area (Å²) in [5.74, 6) is -0.182. The number of aliphatic hydroxyl groups excluding tert-OH is 1. The Labute approximate surface area is 123 Å². The number of hydrogen-bond donors (Lipinski definition) is 2. The van der Waals surface area contributed by atoms with Gasteiger partial charge in [0.25, 0.3) is 0 Å². The molecule has 1 aromatic carbocycles. The van der Waals surface area contributed by atoms with Crippen LogP contribution in [0.3, 0.4) is 0 Å². The Hall–Kier alpha value is -1.23. The van der Waals surface area contributed by atoms with Gasteiger partial charge in [-0.3, -0.25) is 0 Å². The molecule has 0 fully saturated rings. The molecule has 1 atom stereocenters. The summed E-state index contributed by atoms with van der Waals surface area (Å²) in [5.41, 5.74) is 1.72. The van der Waals surface area contributed by atoms with E-state index >= 15 is 0 Å². The first-order valence-corrected chi connectivity index (χ1v) is 7.79. The summed E-state index contributed by atoms with van der Waals surface area (Å²) in [6.07, 6.45) is 1.72. The second kappa shape index (κ2) is 7.53. The fourth-order valence-corrected chi connectivity index (χ4v) is 2.92. The van der Waals surface area contributed by atoms with E-state index in [0.29, 0.717) is 18.2 Å². The number of thiophene rings is 1. The summed E-state index contributed by atoms with van der Waals surface area (Å²) >= 11 is 1.54. The highest BCUT2D eigenvalue weighted by Gasteiger charge is 2.09. The first kappa shape index (κ1) is 15.2. The lowest BCUT2D eigenvalue weighted by molar-refractivity contribution is 0.262. The Bertz CT molecular complexity index is 527. The van der Waals surface area contributed by atoms with Crippen molar-refractivity contribution < 1.29 is 9.50 Å². The van der Waals surface area contributed by atoms with Crippen molar-refractivity contribution in [1.82, 2.24) is 5.32 Å². The zero-order chi connectivity index (χ0) is 14.4. The van der Waals surface area contributed by atoms with E-state index in [0.717, 1.165) is 23.3 Å². The van der Waals surface area contributed by atoms with E-state index in [9.17, 15) is 4.39 Å². The van der Waals surface area contributed by atoms with Crippen molar-refractivity contribution in [1.29, 1.82) is 0 Å². The van der Waals surface area contributed by atoms with Crippen LogP contribution >= 0.6 is 11.3 Å². The average molecular weight is 293 g/mol. The minimum Gasteiger partial charge on any atom is -0.396 e. The van der Waals surface area contributed by atoms with E-state index in [4.69, 9.17) is 5.11 Å². The number of halogens is 1. The van der Waals surface area contributed by atoms with Gasteiger partial charge < -0.3 is 10.4 Å². The van der Waals surface area contributed by atoms with Gasteiger partial charge in [-0.25, -0.2) is 4.39 Å². The fraction of sp³-hybridized carbons (Fsp3) is 0.375. The lowest BCUT2D eigenvalue weighted by atomic mass is 10.1. The summed E-state index contributed by atoms with van der Waals surface area (Å²) in [5, 5.41) is 14.3. The molecule has 2 rings (SSSR count). The smallest absolute Gasteiger partial charge is 0.131 e. The molecule has 0 saturated heterocycles. The van der Waals surface area contributed by atoms with Gasteiger partial charge in [-0.2, -0.15) is 0 Å². The van der Waals surface area contributed by atoms with Crippen molar-refractivity contribution in [2.75, 3.05) is 6.61 Å². The molecule has 1 unspecified atom stereocenters. The zero-order valence-corrected chi connectivity index (χ0v) is 12.4. The average Bonchev–Trinajstić information content (AvgIpc) is 2.99. The van der Waals surface area contributed by atoms with Gasteiger partial charge in [0.2, 0.25) is 0 Å². The van der Waals surface area contributed by atoms with E-state index in [1.54, 1.807) is 11.3 Å². The highest BCUT2D eigenvalue weighted by atomic mass is 32.1. The molecule has 0 amide bonds. The number of aliphatic hydroxyl groups is 1. The predicted octanol–water partition coefficient (Wildman–Crippen LogP) is 3.80. The van der Waals surface area contributed by atoms with Crippen LogP contribution in [0.5, 0.6) is 0 Å². The predicted molar refractivity (Wildman–Crippen MR) is 82.3 cm³/mol.